The summed E-state index contributed by atoms with van der Waals surface area (Å²) in [5.41, 5.74) is 3.05. The molecule has 0 aliphatic heterocycles. The van der Waals surface area contributed by atoms with Crippen molar-refractivity contribution in [2.24, 2.45) is 33.7 Å². The molecule has 1 aromatic heterocycles. The van der Waals surface area contributed by atoms with Crippen LogP contribution in [0.15, 0.2) is 41.2 Å². The standard InChI is InChI=1S/C28H39N3O3/c1-26-12-9-20(31-34-18-25(32)30-17-21-6-4-5-15-29-21)16-19(26)7-8-22-23(26)10-13-27(2)24(22)11-14-28(27,3)33/h4-6,15-16,22-24,33H,7-14,17-18H2,1-3H3,(H,30,32)/t22-,23?,24?,26+,27+,28+/m1/s1. The van der Waals surface area contributed by atoms with Crippen molar-refractivity contribution >= 4 is 11.6 Å². The van der Waals surface area contributed by atoms with Gasteiger partial charge < -0.3 is 15.3 Å². The molecule has 5 rings (SSSR count). The first kappa shape index (κ1) is 23.5. The summed E-state index contributed by atoms with van der Waals surface area (Å²) >= 11 is 0. The van der Waals surface area contributed by atoms with E-state index in [9.17, 15) is 9.90 Å². The average Bonchev–Trinajstić information content (AvgIpc) is 3.07. The summed E-state index contributed by atoms with van der Waals surface area (Å²) < 4.78 is 0. The number of fused-ring (bicyclic) bond motifs is 5. The third-order valence-corrected chi connectivity index (χ3v) is 10.1. The second-order valence-electron chi connectivity index (χ2n) is 11.7. The summed E-state index contributed by atoms with van der Waals surface area (Å²) in [4.78, 5) is 21.7. The first-order valence-electron chi connectivity index (χ1n) is 13.0. The summed E-state index contributed by atoms with van der Waals surface area (Å²) in [6, 6.07) is 5.63. The fourth-order valence-corrected chi connectivity index (χ4v) is 7.80. The molecular formula is C28H39N3O3. The first-order valence-corrected chi connectivity index (χ1v) is 13.0. The molecule has 1 amide bonds. The molecule has 0 saturated heterocycles. The van der Waals surface area contributed by atoms with Gasteiger partial charge in [0.15, 0.2) is 6.61 Å². The van der Waals surface area contributed by atoms with Gasteiger partial charge in [-0.3, -0.25) is 9.78 Å². The number of hydrogen-bond acceptors (Lipinski definition) is 5. The van der Waals surface area contributed by atoms with Crippen LogP contribution in [0.5, 0.6) is 0 Å². The van der Waals surface area contributed by atoms with Gasteiger partial charge in [0.1, 0.15) is 0 Å². The van der Waals surface area contributed by atoms with Crippen LogP contribution in [0.2, 0.25) is 0 Å². The molecule has 2 unspecified atom stereocenters. The van der Waals surface area contributed by atoms with E-state index in [1.54, 1.807) is 6.20 Å². The maximum absolute atomic E-state index is 12.1. The second kappa shape index (κ2) is 8.78. The maximum atomic E-state index is 12.1. The Morgan fingerprint density at radius 2 is 1.97 bits per heavy atom. The molecule has 3 fully saturated rings. The molecule has 2 N–H and O–H groups in total. The Morgan fingerprint density at radius 3 is 2.76 bits per heavy atom. The minimum absolute atomic E-state index is 0.0675. The predicted octanol–water partition coefficient (Wildman–Crippen LogP) is 4.78. The molecule has 1 heterocycles. The van der Waals surface area contributed by atoms with Crippen molar-refractivity contribution in [3.63, 3.8) is 0 Å². The number of nitrogens with one attached hydrogen (secondary N) is 1. The van der Waals surface area contributed by atoms with Crippen LogP contribution < -0.4 is 5.32 Å². The summed E-state index contributed by atoms with van der Waals surface area (Å²) in [6.45, 7) is 7.20. The third kappa shape index (κ3) is 3.98. The van der Waals surface area contributed by atoms with E-state index in [2.05, 4.69) is 42.3 Å². The number of amides is 1. The largest absolute Gasteiger partial charge is 0.390 e. The number of carbonyl (C=O) groups excluding carboxylic acids is 1. The van der Waals surface area contributed by atoms with Crippen LogP contribution in [0.1, 0.15) is 77.8 Å². The molecule has 6 atom stereocenters. The van der Waals surface area contributed by atoms with E-state index in [1.165, 1.54) is 24.8 Å². The van der Waals surface area contributed by atoms with Crippen LogP contribution >= 0.6 is 0 Å². The normalized spacial score (nSPS) is 40.1. The molecule has 34 heavy (non-hydrogen) atoms. The Bertz CT molecular complexity index is 988. The monoisotopic (exact) mass is 465 g/mol. The molecule has 0 bridgehead atoms. The summed E-state index contributed by atoms with van der Waals surface area (Å²) in [6.07, 6.45) is 12.7. The van der Waals surface area contributed by atoms with Gasteiger partial charge in [-0.25, -0.2) is 0 Å². The molecular weight excluding hydrogens is 426 g/mol. The number of rotatable bonds is 5. The smallest absolute Gasteiger partial charge is 0.261 e. The van der Waals surface area contributed by atoms with Crippen molar-refractivity contribution in [1.29, 1.82) is 0 Å². The van der Waals surface area contributed by atoms with Crippen molar-refractivity contribution in [2.45, 2.75) is 84.3 Å². The number of nitrogens with zero attached hydrogens (tertiary/aromatic N) is 2. The fourth-order valence-electron chi connectivity index (χ4n) is 7.80. The lowest BCUT2D eigenvalue weighted by Crippen LogP contribution is -2.53. The van der Waals surface area contributed by atoms with Crippen molar-refractivity contribution in [3.8, 4) is 0 Å². The Balaban J connectivity index is 1.20. The zero-order chi connectivity index (χ0) is 24.0. The highest BCUT2D eigenvalue weighted by Gasteiger charge is 2.62. The van der Waals surface area contributed by atoms with Crippen LogP contribution in [0, 0.1) is 28.6 Å². The molecule has 1 aromatic rings. The molecule has 4 aliphatic carbocycles. The van der Waals surface area contributed by atoms with Crippen LogP contribution in [0.3, 0.4) is 0 Å². The predicted molar refractivity (Wildman–Crippen MR) is 132 cm³/mol. The molecule has 0 aromatic carbocycles. The van der Waals surface area contributed by atoms with Gasteiger partial charge in [0.2, 0.25) is 0 Å². The molecule has 0 radical (unpaired) electrons. The van der Waals surface area contributed by atoms with Gasteiger partial charge in [-0.2, -0.15) is 0 Å². The lowest BCUT2D eigenvalue weighted by molar-refractivity contribution is -0.125. The average molecular weight is 466 g/mol. The van der Waals surface area contributed by atoms with Crippen molar-refractivity contribution in [3.05, 3.63) is 41.7 Å². The molecule has 6 heteroatoms. The van der Waals surface area contributed by atoms with E-state index in [4.69, 9.17) is 4.84 Å². The molecule has 6 nitrogen and oxygen atoms in total. The lowest BCUT2D eigenvalue weighted by Gasteiger charge is -2.59. The highest BCUT2D eigenvalue weighted by Crippen LogP contribution is 2.67. The summed E-state index contributed by atoms with van der Waals surface area (Å²) in [7, 11) is 0. The van der Waals surface area contributed by atoms with Gasteiger partial charge in [0.25, 0.3) is 5.91 Å². The van der Waals surface area contributed by atoms with Gasteiger partial charge in [0.05, 0.1) is 23.6 Å². The van der Waals surface area contributed by atoms with Crippen molar-refractivity contribution in [2.75, 3.05) is 6.61 Å². The molecule has 3 saturated carbocycles. The van der Waals surface area contributed by atoms with Gasteiger partial charge in [-0.15, -0.1) is 0 Å². The van der Waals surface area contributed by atoms with Gasteiger partial charge in [-0.05, 0) is 105 Å². The zero-order valence-corrected chi connectivity index (χ0v) is 20.8. The molecule has 184 valence electrons. The number of pyridine rings is 1. The number of hydrogen-bond donors (Lipinski definition) is 2. The van der Waals surface area contributed by atoms with E-state index < -0.39 is 5.60 Å². The van der Waals surface area contributed by atoms with E-state index in [-0.39, 0.29) is 23.3 Å². The number of aliphatic hydroxyl groups is 1. The van der Waals surface area contributed by atoms with Gasteiger partial charge >= 0.3 is 0 Å². The Labute approximate surface area is 203 Å². The Morgan fingerprint density at radius 1 is 1.15 bits per heavy atom. The zero-order valence-electron chi connectivity index (χ0n) is 20.8. The van der Waals surface area contributed by atoms with E-state index in [1.807, 2.05) is 18.2 Å². The van der Waals surface area contributed by atoms with Gasteiger partial charge in [-0.1, -0.05) is 30.6 Å². The Kier molecular flexibility index (Phi) is 6.07. The van der Waals surface area contributed by atoms with Crippen LogP contribution in [0.4, 0.5) is 0 Å². The highest BCUT2D eigenvalue weighted by atomic mass is 16.6. The van der Waals surface area contributed by atoms with Crippen molar-refractivity contribution in [1.82, 2.24) is 10.3 Å². The molecule has 4 aliphatic rings. The second-order valence-corrected chi connectivity index (χ2v) is 11.7. The maximum Gasteiger partial charge on any atom is 0.261 e. The minimum Gasteiger partial charge on any atom is -0.390 e. The SMILES string of the molecule is C[C@]12CCC(=NOCC(=O)NCc3ccccn3)C=C1CC[C@@H]1C2CC[C@@]2(C)C1CC[C@]2(C)O. The fraction of sp³-hybridized carbons (Fsp3) is 0.679. The lowest BCUT2D eigenvalue weighted by atomic mass is 9.46. The number of allylic oxidation sites excluding steroid dienone is 2. The highest BCUT2D eigenvalue weighted by molar-refractivity contribution is 5.96. The summed E-state index contributed by atoms with van der Waals surface area (Å²) in [5.74, 6) is 1.86. The minimum atomic E-state index is -0.521. The molecule has 0 spiro atoms. The van der Waals surface area contributed by atoms with Crippen LogP contribution in [-0.2, 0) is 16.2 Å². The van der Waals surface area contributed by atoms with E-state index >= 15 is 0 Å². The summed E-state index contributed by atoms with van der Waals surface area (Å²) in [5, 5.41) is 18.2. The Hall–Kier alpha value is -2.21. The van der Waals surface area contributed by atoms with Crippen molar-refractivity contribution < 1.29 is 14.7 Å². The van der Waals surface area contributed by atoms with E-state index in [0.29, 0.717) is 24.3 Å². The number of aromatic nitrogens is 1. The number of oxime groups is 1. The quantitative estimate of drug-likeness (QED) is 0.613. The topological polar surface area (TPSA) is 83.8 Å². The van der Waals surface area contributed by atoms with Crippen LogP contribution in [0.25, 0.3) is 0 Å². The van der Waals surface area contributed by atoms with Crippen LogP contribution in [-0.4, -0.2) is 33.9 Å². The first-order chi connectivity index (χ1) is 16.2. The third-order valence-electron chi connectivity index (χ3n) is 10.1. The van der Waals surface area contributed by atoms with E-state index in [0.717, 1.165) is 43.5 Å². The van der Waals surface area contributed by atoms with Gasteiger partial charge in [0, 0.05) is 6.20 Å². The number of carbonyl (C=O) groups is 1.